The number of carbonyl (C=O) groups excluding carboxylic acids is 2. The van der Waals surface area contributed by atoms with Crippen LogP contribution in [-0.4, -0.2) is 48.7 Å². The van der Waals surface area contributed by atoms with Crippen LogP contribution in [0, 0.1) is 5.41 Å². The van der Waals surface area contributed by atoms with Gasteiger partial charge in [-0.2, -0.15) is 0 Å². The molecule has 0 spiro atoms. The average molecular weight is 474 g/mol. The van der Waals surface area contributed by atoms with E-state index in [9.17, 15) is 9.59 Å². The lowest BCUT2D eigenvalue weighted by atomic mass is 10.1. The summed E-state index contributed by atoms with van der Waals surface area (Å²) in [5.74, 6) is -1.06. The lowest BCUT2D eigenvalue weighted by Crippen LogP contribution is -2.40. The number of fused-ring (bicyclic) bond motifs is 1. The van der Waals surface area contributed by atoms with Gasteiger partial charge in [0.1, 0.15) is 11.9 Å². The van der Waals surface area contributed by atoms with Crippen molar-refractivity contribution < 1.29 is 14.3 Å². The van der Waals surface area contributed by atoms with Crippen molar-refractivity contribution >= 4 is 40.2 Å². The normalized spacial score (nSPS) is 14.5. The number of nitrogen functional groups attached to an aromatic ring is 1. The topological polar surface area (TPSA) is 126 Å². The fourth-order valence-electron chi connectivity index (χ4n) is 4.40. The summed E-state index contributed by atoms with van der Waals surface area (Å²) in [7, 11) is 0. The Morgan fingerprint density at radius 2 is 1.74 bits per heavy atom. The van der Waals surface area contributed by atoms with Crippen molar-refractivity contribution in [3.05, 3.63) is 66.2 Å². The Morgan fingerprint density at radius 3 is 2.43 bits per heavy atom. The van der Waals surface area contributed by atoms with Crippen LogP contribution >= 0.6 is 0 Å². The molecule has 182 valence electrons. The smallest absolute Gasteiger partial charge is 0.316 e. The maximum Gasteiger partial charge on any atom is 0.316 e. The highest BCUT2D eigenvalue weighted by Crippen LogP contribution is 2.26. The van der Waals surface area contributed by atoms with Crippen molar-refractivity contribution in [1.29, 1.82) is 5.41 Å². The molecule has 1 heterocycles. The van der Waals surface area contributed by atoms with Gasteiger partial charge in [-0.25, -0.2) is 0 Å². The molecule has 8 nitrogen and oxygen atoms in total. The molecule has 2 amide bonds. The van der Waals surface area contributed by atoms with Crippen molar-refractivity contribution in [2.75, 3.05) is 30.3 Å². The third-order valence-corrected chi connectivity index (χ3v) is 6.30. The van der Waals surface area contributed by atoms with Crippen LogP contribution in [0.3, 0.4) is 0 Å². The van der Waals surface area contributed by atoms with Gasteiger partial charge in [0.2, 0.25) is 0 Å². The predicted molar refractivity (Wildman–Crippen MR) is 139 cm³/mol. The van der Waals surface area contributed by atoms with Gasteiger partial charge in [0, 0.05) is 31.0 Å². The monoisotopic (exact) mass is 473 g/mol. The summed E-state index contributed by atoms with van der Waals surface area (Å²) in [5.41, 5.74) is 13.3. The minimum Gasteiger partial charge on any atom is -0.490 e. The maximum atomic E-state index is 12.7. The van der Waals surface area contributed by atoms with Gasteiger partial charge in [0.25, 0.3) is 0 Å². The highest BCUT2D eigenvalue weighted by molar-refractivity contribution is 6.39. The highest BCUT2D eigenvalue weighted by Gasteiger charge is 2.23. The predicted octanol–water partition coefficient (Wildman–Crippen LogP) is 3.32. The Labute approximate surface area is 205 Å². The largest absolute Gasteiger partial charge is 0.490 e. The molecule has 0 aromatic heterocycles. The van der Waals surface area contributed by atoms with Crippen molar-refractivity contribution in [3.63, 3.8) is 0 Å². The molecule has 0 saturated carbocycles. The number of carbonyl (C=O) groups is 2. The number of nitrogens with one attached hydrogen (secondary N) is 1. The average Bonchev–Trinajstić information content (AvgIpc) is 2.86. The highest BCUT2D eigenvalue weighted by atomic mass is 16.5. The van der Waals surface area contributed by atoms with E-state index in [0.717, 1.165) is 61.0 Å². The summed E-state index contributed by atoms with van der Waals surface area (Å²) in [6, 6.07) is 18.7. The Morgan fingerprint density at radius 1 is 1.03 bits per heavy atom. The number of rotatable bonds is 8. The van der Waals surface area contributed by atoms with Crippen molar-refractivity contribution in [3.8, 4) is 5.75 Å². The summed E-state index contributed by atoms with van der Waals surface area (Å²) in [4.78, 5) is 28.1. The first kappa shape index (κ1) is 24.2. The van der Waals surface area contributed by atoms with E-state index in [4.69, 9.17) is 21.6 Å². The molecule has 5 N–H and O–H groups in total. The first-order chi connectivity index (χ1) is 16.9. The minimum absolute atomic E-state index is 0.130. The second-order valence-corrected chi connectivity index (χ2v) is 8.84. The van der Waals surface area contributed by atoms with E-state index >= 15 is 0 Å². The molecule has 3 aromatic carbocycles. The first-order valence-electron chi connectivity index (χ1n) is 11.8. The van der Waals surface area contributed by atoms with Crippen LogP contribution < -0.4 is 21.1 Å². The molecule has 0 aliphatic carbocycles. The van der Waals surface area contributed by atoms with Crippen LogP contribution in [0.2, 0.25) is 0 Å². The third-order valence-electron chi connectivity index (χ3n) is 6.30. The third kappa shape index (κ3) is 6.16. The fraction of sp³-hybridized carbons (Fsp3) is 0.296. The van der Waals surface area contributed by atoms with Crippen LogP contribution in [0.15, 0.2) is 60.7 Å². The summed E-state index contributed by atoms with van der Waals surface area (Å²) in [6.45, 7) is 3.02. The molecular weight excluding hydrogens is 442 g/mol. The van der Waals surface area contributed by atoms with E-state index in [1.54, 1.807) is 12.1 Å². The zero-order valence-electron chi connectivity index (χ0n) is 19.7. The zero-order valence-corrected chi connectivity index (χ0v) is 19.7. The molecule has 4 rings (SSSR count). The number of benzene rings is 3. The van der Waals surface area contributed by atoms with Gasteiger partial charge in [-0.1, -0.05) is 18.2 Å². The quantitative estimate of drug-likeness (QED) is 0.263. The second kappa shape index (κ2) is 11.0. The lowest BCUT2D eigenvalue weighted by Gasteiger charge is -2.32. The van der Waals surface area contributed by atoms with Crippen LogP contribution in [0.1, 0.15) is 24.8 Å². The van der Waals surface area contributed by atoms with Gasteiger partial charge in [-0.05, 0) is 84.3 Å². The molecule has 0 atom stereocenters. The molecule has 1 fully saturated rings. The number of amides is 2. The number of likely N-dealkylation sites (tertiary alicyclic amines) is 1. The number of nitrogens with two attached hydrogens (primary N) is 2. The van der Waals surface area contributed by atoms with Gasteiger partial charge < -0.3 is 26.5 Å². The van der Waals surface area contributed by atoms with Gasteiger partial charge in [-0.3, -0.25) is 14.5 Å². The molecule has 3 aromatic rings. The first-order valence-corrected chi connectivity index (χ1v) is 11.8. The van der Waals surface area contributed by atoms with Crippen LogP contribution in [0.5, 0.6) is 5.75 Å². The number of ether oxygens (including phenoxy) is 1. The SMILES string of the molecule is N=CCCN1CCC(Oc2ccc(N(Cc3ccc4ccc(N)cc4c3)C(=O)C(N)=O)cc2)CC1. The van der Waals surface area contributed by atoms with E-state index in [2.05, 4.69) is 4.90 Å². The molecule has 1 saturated heterocycles. The van der Waals surface area contributed by atoms with Gasteiger partial charge in [-0.15, -0.1) is 0 Å². The van der Waals surface area contributed by atoms with Crippen molar-refractivity contribution in [2.24, 2.45) is 5.73 Å². The number of anilines is 2. The van der Waals surface area contributed by atoms with Crippen LogP contribution in [0.4, 0.5) is 11.4 Å². The molecule has 8 heteroatoms. The van der Waals surface area contributed by atoms with E-state index in [1.807, 2.05) is 48.5 Å². The van der Waals surface area contributed by atoms with E-state index < -0.39 is 11.8 Å². The van der Waals surface area contributed by atoms with Crippen LogP contribution in [0.25, 0.3) is 10.8 Å². The van der Waals surface area contributed by atoms with Gasteiger partial charge in [0.15, 0.2) is 0 Å². The standard InChI is InChI=1S/C27H31N5O3/c28-12-1-13-31-14-10-25(11-15-31)35-24-8-6-23(7-9-24)32(27(34)26(30)33)18-19-2-3-20-4-5-22(29)17-21(20)16-19/h2-9,12,16-17,25,28H,1,10-11,13-15,18,29H2,(H2,30,33). The molecule has 35 heavy (non-hydrogen) atoms. The molecule has 0 radical (unpaired) electrons. The number of hydrogen-bond acceptors (Lipinski definition) is 6. The van der Waals surface area contributed by atoms with Crippen molar-refractivity contribution in [2.45, 2.75) is 31.9 Å². The molecule has 1 aliphatic rings. The van der Waals surface area contributed by atoms with E-state index in [-0.39, 0.29) is 12.6 Å². The van der Waals surface area contributed by atoms with Crippen molar-refractivity contribution in [1.82, 2.24) is 4.90 Å². The zero-order chi connectivity index (χ0) is 24.8. The Balaban J connectivity index is 1.45. The number of hydrogen-bond donors (Lipinski definition) is 3. The van der Waals surface area contributed by atoms with E-state index in [0.29, 0.717) is 11.4 Å². The summed E-state index contributed by atoms with van der Waals surface area (Å²) in [6.07, 6.45) is 4.22. The minimum atomic E-state index is -1.01. The second-order valence-electron chi connectivity index (χ2n) is 8.84. The van der Waals surface area contributed by atoms with Gasteiger partial charge in [0.05, 0.1) is 6.54 Å². The maximum absolute atomic E-state index is 12.7. The van der Waals surface area contributed by atoms with Crippen LogP contribution in [-0.2, 0) is 16.1 Å². The Kier molecular flexibility index (Phi) is 7.62. The molecule has 0 bridgehead atoms. The molecule has 0 unspecified atom stereocenters. The number of piperidine rings is 1. The van der Waals surface area contributed by atoms with E-state index in [1.165, 1.54) is 11.1 Å². The molecule has 1 aliphatic heterocycles. The Hall–Kier alpha value is -3.91. The Bertz CT molecular complexity index is 1200. The van der Waals surface area contributed by atoms with Gasteiger partial charge >= 0.3 is 11.8 Å². The summed E-state index contributed by atoms with van der Waals surface area (Å²) in [5, 5.41) is 9.18. The molecular formula is C27H31N5O3. The fourth-order valence-corrected chi connectivity index (χ4v) is 4.40. The summed E-state index contributed by atoms with van der Waals surface area (Å²) < 4.78 is 6.15. The number of primary amides is 1. The number of nitrogens with zero attached hydrogens (tertiary/aromatic N) is 2. The lowest BCUT2D eigenvalue weighted by molar-refractivity contribution is -0.135. The summed E-state index contributed by atoms with van der Waals surface area (Å²) >= 11 is 0.